The van der Waals surface area contributed by atoms with Gasteiger partial charge in [-0.15, -0.1) is 11.6 Å². The van der Waals surface area contributed by atoms with E-state index in [4.69, 9.17) is 16.3 Å². The van der Waals surface area contributed by atoms with Gasteiger partial charge in [0, 0.05) is 18.4 Å². The highest BCUT2D eigenvalue weighted by atomic mass is 35.5. The lowest BCUT2D eigenvalue weighted by molar-refractivity contribution is -0.115. The lowest BCUT2D eigenvalue weighted by atomic mass is 9.78. The molecule has 0 radical (unpaired) electrons. The van der Waals surface area contributed by atoms with Crippen molar-refractivity contribution < 1.29 is 4.74 Å². The summed E-state index contributed by atoms with van der Waals surface area (Å²) in [6.07, 6.45) is 12.6. The Morgan fingerprint density at radius 2 is 2.22 bits per heavy atom. The first-order valence-corrected chi connectivity index (χ1v) is 7.58. The first kappa shape index (κ1) is 12.5. The predicted octanol–water partition coefficient (Wildman–Crippen LogP) is 3.68. The van der Waals surface area contributed by atoms with Gasteiger partial charge in [-0.05, 0) is 25.7 Å². The Morgan fingerprint density at radius 3 is 2.94 bits per heavy atom. The highest BCUT2D eigenvalue weighted by Gasteiger charge is 2.39. The number of alkyl halides is 1. The third kappa shape index (κ3) is 2.43. The monoisotopic (exact) mass is 268 g/mol. The Kier molecular flexibility index (Phi) is 3.62. The van der Waals surface area contributed by atoms with E-state index in [9.17, 15) is 0 Å². The molecule has 1 aliphatic heterocycles. The zero-order valence-corrected chi connectivity index (χ0v) is 11.5. The largest absolute Gasteiger partial charge is 0.375 e. The van der Waals surface area contributed by atoms with E-state index in [1.807, 2.05) is 6.20 Å². The van der Waals surface area contributed by atoms with Crippen molar-refractivity contribution >= 4 is 11.6 Å². The van der Waals surface area contributed by atoms with Crippen LogP contribution in [0.25, 0.3) is 0 Å². The van der Waals surface area contributed by atoms with Gasteiger partial charge in [-0.1, -0.05) is 19.3 Å². The van der Waals surface area contributed by atoms with Crippen LogP contribution in [0.1, 0.15) is 56.6 Å². The SMILES string of the molecule is ClCc1cnn(C2CCOC3(CCCCC3)C2)c1. The fourth-order valence-corrected chi connectivity index (χ4v) is 3.56. The molecule has 1 unspecified atom stereocenters. The zero-order chi connectivity index (χ0) is 12.4. The molecule has 2 fully saturated rings. The minimum absolute atomic E-state index is 0.147. The molecule has 1 saturated heterocycles. The lowest BCUT2D eigenvalue weighted by Gasteiger charge is -2.43. The molecule has 1 spiro atoms. The summed E-state index contributed by atoms with van der Waals surface area (Å²) in [5.41, 5.74) is 1.26. The maximum atomic E-state index is 6.12. The van der Waals surface area contributed by atoms with E-state index in [1.165, 1.54) is 32.1 Å². The Hall–Kier alpha value is -0.540. The van der Waals surface area contributed by atoms with Crippen LogP contribution in [0.15, 0.2) is 12.4 Å². The van der Waals surface area contributed by atoms with Crippen molar-refractivity contribution in [2.24, 2.45) is 0 Å². The van der Waals surface area contributed by atoms with Gasteiger partial charge in [0.1, 0.15) is 0 Å². The smallest absolute Gasteiger partial charge is 0.0703 e. The van der Waals surface area contributed by atoms with Crippen molar-refractivity contribution in [1.29, 1.82) is 0 Å². The molecule has 0 bridgehead atoms. The summed E-state index contributed by atoms with van der Waals surface area (Å²) < 4.78 is 8.23. The van der Waals surface area contributed by atoms with E-state index < -0.39 is 0 Å². The van der Waals surface area contributed by atoms with Crippen molar-refractivity contribution in [3.05, 3.63) is 18.0 Å². The molecule has 3 nitrogen and oxygen atoms in total. The standard InChI is InChI=1S/C14H21ClN2O/c15-9-12-10-16-17(11-12)13-4-7-18-14(8-13)5-2-1-3-6-14/h10-11,13H,1-9H2. The third-order valence-corrected chi connectivity index (χ3v) is 4.72. The molecule has 1 atom stereocenters. The second kappa shape index (κ2) is 5.22. The minimum Gasteiger partial charge on any atom is -0.375 e. The Balaban J connectivity index is 1.73. The first-order chi connectivity index (χ1) is 8.81. The molecule has 0 aromatic carbocycles. The number of rotatable bonds is 2. The Bertz CT molecular complexity index is 393. The highest BCUT2D eigenvalue weighted by Crippen LogP contribution is 2.42. The molecule has 1 aliphatic carbocycles. The van der Waals surface area contributed by atoms with Gasteiger partial charge >= 0.3 is 0 Å². The average Bonchev–Trinajstić information content (AvgIpc) is 2.88. The van der Waals surface area contributed by atoms with Crippen LogP contribution < -0.4 is 0 Å². The summed E-state index contributed by atoms with van der Waals surface area (Å²) in [4.78, 5) is 0. The van der Waals surface area contributed by atoms with Gasteiger partial charge in [0.25, 0.3) is 0 Å². The fourth-order valence-electron chi connectivity index (χ4n) is 3.42. The van der Waals surface area contributed by atoms with E-state index in [0.717, 1.165) is 25.0 Å². The van der Waals surface area contributed by atoms with Crippen LogP contribution in [0.5, 0.6) is 0 Å². The van der Waals surface area contributed by atoms with Crippen LogP contribution in [0.2, 0.25) is 0 Å². The van der Waals surface area contributed by atoms with Gasteiger partial charge in [-0.25, -0.2) is 0 Å². The molecule has 2 aliphatic rings. The van der Waals surface area contributed by atoms with Gasteiger partial charge in [0.2, 0.25) is 0 Å². The highest BCUT2D eigenvalue weighted by molar-refractivity contribution is 6.17. The van der Waals surface area contributed by atoms with E-state index in [1.54, 1.807) is 0 Å². The lowest BCUT2D eigenvalue weighted by Crippen LogP contribution is -2.42. The molecule has 2 heterocycles. The number of nitrogens with zero attached hydrogens (tertiary/aromatic N) is 2. The summed E-state index contributed by atoms with van der Waals surface area (Å²) >= 11 is 5.84. The number of hydrogen-bond donors (Lipinski definition) is 0. The summed E-state index contributed by atoms with van der Waals surface area (Å²) in [6.45, 7) is 0.876. The molecule has 1 saturated carbocycles. The van der Waals surface area contributed by atoms with Gasteiger partial charge in [-0.2, -0.15) is 5.10 Å². The first-order valence-electron chi connectivity index (χ1n) is 7.04. The second-order valence-corrected chi connectivity index (χ2v) is 5.97. The maximum Gasteiger partial charge on any atom is 0.0703 e. The summed E-state index contributed by atoms with van der Waals surface area (Å²) in [6, 6.07) is 0.494. The number of ether oxygens (including phenoxy) is 1. The molecular formula is C14H21ClN2O. The van der Waals surface area contributed by atoms with Gasteiger partial charge in [0.15, 0.2) is 0 Å². The van der Waals surface area contributed by atoms with Gasteiger partial charge < -0.3 is 4.74 Å². The van der Waals surface area contributed by atoms with Crippen LogP contribution in [-0.2, 0) is 10.6 Å². The minimum atomic E-state index is 0.147. The second-order valence-electron chi connectivity index (χ2n) is 5.70. The summed E-state index contributed by atoms with van der Waals surface area (Å²) in [5, 5.41) is 4.47. The quantitative estimate of drug-likeness (QED) is 0.765. The fraction of sp³-hybridized carbons (Fsp3) is 0.786. The van der Waals surface area contributed by atoms with Crippen LogP contribution in [0.3, 0.4) is 0 Å². The van der Waals surface area contributed by atoms with E-state index in [-0.39, 0.29) is 5.60 Å². The maximum absolute atomic E-state index is 6.12. The average molecular weight is 269 g/mol. The third-order valence-electron chi connectivity index (χ3n) is 4.42. The van der Waals surface area contributed by atoms with Gasteiger partial charge in [0.05, 0.1) is 23.7 Å². The molecule has 100 valence electrons. The van der Waals surface area contributed by atoms with E-state index >= 15 is 0 Å². The van der Waals surface area contributed by atoms with Crippen molar-refractivity contribution in [2.45, 2.75) is 62.5 Å². The van der Waals surface area contributed by atoms with E-state index in [0.29, 0.717) is 11.9 Å². The van der Waals surface area contributed by atoms with Crippen LogP contribution in [0.4, 0.5) is 0 Å². The normalized spacial score (nSPS) is 27.5. The molecule has 18 heavy (non-hydrogen) atoms. The molecule has 1 aromatic heterocycles. The Labute approximate surface area is 113 Å². The number of halogens is 1. The topological polar surface area (TPSA) is 27.1 Å². The molecular weight excluding hydrogens is 248 g/mol. The molecule has 4 heteroatoms. The summed E-state index contributed by atoms with van der Waals surface area (Å²) in [7, 11) is 0. The molecule has 0 amide bonds. The molecule has 1 aromatic rings. The summed E-state index contributed by atoms with van der Waals surface area (Å²) in [5.74, 6) is 0.550. The van der Waals surface area contributed by atoms with Crippen molar-refractivity contribution in [3.63, 3.8) is 0 Å². The van der Waals surface area contributed by atoms with Crippen molar-refractivity contribution in [3.8, 4) is 0 Å². The van der Waals surface area contributed by atoms with Crippen molar-refractivity contribution in [1.82, 2.24) is 9.78 Å². The molecule has 3 rings (SSSR count). The van der Waals surface area contributed by atoms with Crippen molar-refractivity contribution in [2.75, 3.05) is 6.61 Å². The number of hydrogen-bond acceptors (Lipinski definition) is 2. The molecule has 0 N–H and O–H groups in total. The van der Waals surface area contributed by atoms with E-state index in [2.05, 4.69) is 16.0 Å². The number of aromatic nitrogens is 2. The van der Waals surface area contributed by atoms with Crippen LogP contribution in [0, 0.1) is 0 Å². The van der Waals surface area contributed by atoms with Crippen LogP contribution in [-0.4, -0.2) is 22.0 Å². The van der Waals surface area contributed by atoms with Crippen LogP contribution >= 0.6 is 11.6 Å². The zero-order valence-electron chi connectivity index (χ0n) is 10.8. The Morgan fingerprint density at radius 1 is 1.39 bits per heavy atom. The van der Waals surface area contributed by atoms with Gasteiger partial charge in [-0.3, -0.25) is 4.68 Å². The predicted molar refractivity (Wildman–Crippen MR) is 71.8 cm³/mol.